The molecule has 1 aromatic carbocycles. The lowest BCUT2D eigenvalue weighted by molar-refractivity contribution is -0.141. The van der Waals surface area contributed by atoms with Crippen LogP contribution in [0.5, 0.6) is 0 Å². The molecule has 0 aliphatic heterocycles. The summed E-state index contributed by atoms with van der Waals surface area (Å²) >= 11 is 6.08. The molecule has 176 valence electrons. The average Bonchev–Trinajstić information content (AvgIpc) is 3.30. The van der Waals surface area contributed by atoms with Gasteiger partial charge in [-0.05, 0) is 38.8 Å². The van der Waals surface area contributed by atoms with Crippen LogP contribution in [0.25, 0.3) is 22.6 Å². The first-order valence-corrected chi connectivity index (χ1v) is 10.3. The van der Waals surface area contributed by atoms with Crippen LogP contribution in [0, 0.1) is 5.82 Å². The molecule has 3 aromatic rings. The van der Waals surface area contributed by atoms with Crippen molar-refractivity contribution in [2.24, 2.45) is 0 Å². The second-order valence-electron chi connectivity index (χ2n) is 7.98. The lowest BCUT2D eigenvalue weighted by Gasteiger charge is -2.40. The highest BCUT2D eigenvalue weighted by molar-refractivity contribution is 6.33. The summed E-state index contributed by atoms with van der Waals surface area (Å²) in [4.78, 5) is 12.7. The summed E-state index contributed by atoms with van der Waals surface area (Å²) in [5, 5.41) is 17.2. The average molecular weight is 488 g/mol. The highest BCUT2D eigenvalue weighted by Gasteiger charge is 2.45. The fourth-order valence-electron chi connectivity index (χ4n) is 3.86. The fourth-order valence-corrected chi connectivity index (χ4v) is 4.11. The van der Waals surface area contributed by atoms with Gasteiger partial charge in [0.25, 0.3) is 0 Å². The largest absolute Gasteiger partial charge is 0.462 e. The molecule has 0 bridgehead atoms. The van der Waals surface area contributed by atoms with Gasteiger partial charge >= 0.3 is 12.1 Å². The summed E-state index contributed by atoms with van der Waals surface area (Å²) in [6.45, 7) is 2.97. The van der Waals surface area contributed by atoms with Crippen molar-refractivity contribution in [3.8, 4) is 22.6 Å². The first-order chi connectivity index (χ1) is 15.4. The van der Waals surface area contributed by atoms with Gasteiger partial charge in [-0.1, -0.05) is 22.8 Å². The van der Waals surface area contributed by atoms with Crippen LogP contribution in [0.4, 0.5) is 17.6 Å². The van der Waals surface area contributed by atoms with Crippen LogP contribution in [0.15, 0.2) is 28.9 Å². The number of halogens is 5. The predicted molar refractivity (Wildman–Crippen MR) is 108 cm³/mol. The molecule has 2 aromatic heterocycles. The van der Waals surface area contributed by atoms with Gasteiger partial charge in [-0.2, -0.15) is 18.3 Å². The molecule has 1 fully saturated rings. The molecular weight excluding hydrogens is 470 g/mol. The number of esters is 1. The molecule has 1 saturated carbocycles. The van der Waals surface area contributed by atoms with Crippen LogP contribution in [0.1, 0.15) is 48.8 Å². The third kappa shape index (κ3) is 4.22. The van der Waals surface area contributed by atoms with Gasteiger partial charge in [-0.3, -0.25) is 4.68 Å². The topological polar surface area (TPSA) is 90.4 Å². The van der Waals surface area contributed by atoms with Crippen molar-refractivity contribution in [2.75, 3.05) is 6.61 Å². The molecular formula is C21H18ClF4N3O4. The van der Waals surface area contributed by atoms with E-state index in [9.17, 15) is 27.5 Å². The van der Waals surface area contributed by atoms with Gasteiger partial charge in [0, 0.05) is 6.20 Å². The predicted octanol–water partition coefficient (Wildman–Crippen LogP) is 5.28. The zero-order valence-corrected chi connectivity index (χ0v) is 18.2. The highest BCUT2D eigenvalue weighted by atomic mass is 35.5. The number of nitrogens with zero attached hydrogens (tertiary/aromatic N) is 3. The molecule has 0 saturated heterocycles. The van der Waals surface area contributed by atoms with Crippen molar-refractivity contribution in [3.63, 3.8) is 0 Å². The third-order valence-corrected chi connectivity index (χ3v) is 5.66. The van der Waals surface area contributed by atoms with E-state index >= 15 is 0 Å². The van der Waals surface area contributed by atoms with Gasteiger partial charge in [0.1, 0.15) is 17.1 Å². The Morgan fingerprint density at radius 3 is 2.67 bits per heavy atom. The summed E-state index contributed by atoms with van der Waals surface area (Å²) in [6.07, 6.45) is -3.44. The van der Waals surface area contributed by atoms with Crippen LogP contribution in [0.3, 0.4) is 0 Å². The maximum Gasteiger partial charge on any atom is 0.435 e. The maximum absolute atomic E-state index is 14.5. The Balaban J connectivity index is 1.92. The number of carbonyl (C=O) groups is 1. The molecule has 33 heavy (non-hydrogen) atoms. The molecule has 1 N–H and O–H groups in total. The van der Waals surface area contributed by atoms with E-state index in [1.807, 2.05) is 0 Å². The number of carbonyl (C=O) groups excluding carboxylic acids is 1. The number of hydrogen-bond donors (Lipinski definition) is 1. The van der Waals surface area contributed by atoms with E-state index in [2.05, 4.69) is 10.3 Å². The van der Waals surface area contributed by atoms with E-state index in [1.54, 1.807) is 6.92 Å². The molecule has 7 nitrogen and oxygen atoms in total. The number of hydrogen-bond acceptors (Lipinski definition) is 6. The number of aromatic nitrogens is 3. The zero-order chi connectivity index (χ0) is 24.1. The monoisotopic (exact) mass is 487 g/mol. The minimum atomic E-state index is -4.90. The number of benzene rings is 1. The van der Waals surface area contributed by atoms with E-state index in [0.717, 1.165) is 16.9 Å². The summed E-state index contributed by atoms with van der Waals surface area (Å²) in [5.41, 5.74) is -4.10. The Hall–Kier alpha value is -2.92. The SMILES string of the molecule is CCOC(=O)c1c(-c2c(F)cccc2Cl)noc1-c1cn(C2CC(C)(O)C2)nc1C(F)(F)F. The number of alkyl halides is 3. The second-order valence-corrected chi connectivity index (χ2v) is 8.39. The Morgan fingerprint density at radius 1 is 1.39 bits per heavy atom. The molecule has 0 spiro atoms. The second kappa shape index (κ2) is 8.14. The first kappa shape index (κ1) is 23.2. The molecule has 4 rings (SSSR count). The number of rotatable bonds is 5. The van der Waals surface area contributed by atoms with E-state index < -0.39 is 52.2 Å². The Morgan fingerprint density at radius 2 is 2.09 bits per heavy atom. The van der Waals surface area contributed by atoms with Crippen LogP contribution < -0.4 is 0 Å². The summed E-state index contributed by atoms with van der Waals surface area (Å²) < 4.78 is 67.3. The van der Waals surface area contributed by atoms with Gasteiger partial charge in [0.15, 0.2) is 11.5 Å². The van der Waals surface area contributed by atoms with E-state index in [0.29, 0.717) is 0 Å². The lowest BCUT2D eigenvalue weighted by atomic mass is 9.77. The molecule has 0 radical (unpaired) electrons. The highest BCUT2D eigenvalue weighted by Crippen LogP contribution is 2.45. The van der Waals surface area contributed by atoms with Gasteiger partial charge in [-0.15, -0.1) is 0 Å². The van der Waals surface area contributed by atoms with Crippen LogP contribution in [0.2, 0.25) is 5.02 Å². The molecule has 1 aliphatic carbocycles. The Bertz CT molecular complexity index is 1190. The van der Waals surface area contributed by atoms with E-state index in [4.69, 9.17) is 20.9 Å². The van der Waals surface area contributed by atoms with Gasteiger partial charge < -0.3 is 14.4 Å². The standard InChI is InChI=1S/C21H18ClF4N3O4/c1-3-32-19(30)15-16(14-12(22)5-4-6-13(14)23)28-33-17(15)11-9-29(10-7-20(2,31)8-10)27-18(11)21(24,25)26/h4-6,9-10,31H,3,7-8H2,1-2H3. The Labute approximate surface area is 189 Å². The minimum absolute atomic E-state index is 0.101. The van der Waals surface area contributed by atoms with E-state index in [1.165, 1.54) is 19.1 Å². The van der Waals surface area contributed by atoms with Crippen LogP contribution >= 0.6 is 11.6 Å². The van der Waals surface area contributed by atoms with E-state index in [-0.39, 0.29) is 35.7 Å². The van der Waals surface area contributed by atoms with Crippen molar-refractivity contribution in [1.82, 2.24) is 14.9 Å². The van der Waals surface area contributed by atoms with Crippen LogP contribution in [-0.2, 0) is 10.9 Å². The van der Waals surface area contributed by atoms with Crippen molar-refractivity contribution in [3.05, 3.63) is 46.5 Å². The summed E-state index contributed by atoms with van der Waals surface area (Å²) in [5.74, 6) is -2.49. The normalized spacial score (nSPS) is 20.5. The van der Waals surface area contributed by atoms with Crippen molar-refractivity contribution in [1.29, 1.82) is 0 Å². The van der Waals surface area contributed by atoms with Gasteiger partial charge in [0.2, 0.25) is 0 Å². The molecule has 0 unspecified atom stereocenters. The van der Waals surface area contributed by atoms with Crippen molar-refractivity contribution >= 4 is 17.6 Å². The summed E-state index contributed by atoms with van der Waals surface area (Å²) in [7, 11) is 0. The smallest absolute Gasteiger partial charge is 0.435 e. The van der Waals surface area contributed by atoms with Crippen LogP contribution in [-0.4, -0.2) is 38.2 Å². The molecule has 0 amide bonds. The first-order valence-electron chi connectivity index (χ1n) is 9.93. The van der Waals surface area contributed by atoms with Gasteiger partial charge in [-0.25, -0.2) is 9.18 Å². The fraction of sp³-hybridized carbons (Fsp3) is 0.381. The third-order valence-electron chi connectivity index (χ3n) is 5.34. The maximum atomic E-state index is 14.5. The Kier molecular flexibility index (Phi) is 5.73. The minimum Gasteiger partial charge on any atom is -0.462 e. The molecule has 12 heteroatoms. The van der Waals surface area contributed by atoms with Crippen molar-refractivity contribution < 1.29 is 36.7 Å². The molecule has 1 aliphatic rings. The lowest BCUT2D eigenvalue weighted by Crippen LogP contribution is -2.42. The zero-order valence-electron chi connectivity index (χ0n) is 17.4. The quantitative estimate of drug-likeness (QED) is 0.389. The van der Waals surface area contributed by atoms with Gasteiger partial charge in [0.05, 0.1) is 34.4 Å². The molecule has 2 heterocycles. The number of ether oxygens (including phenoxy) is 1. The summed E-state index contributed by atoms with van der Waals surface area (Å²) in [6, 6.07) is 3.24. The molecule has 0 atom stereocenters. The number of aliphatic hydroxyl groups is 1. The van der Waals surface area contributed by atoms with Crippen molar-refractivity contribution in [2.45, 2.75) is 44.5 Å².